The molecule has 0 bridgehead atoms. The highest BCUT2D eigenvalue weighted by atomic mass is 35.5. The zero-order valence-electron chi connectivity index (χ0n) is 11.0. The van der Waals surface area contributed by atoms with Crippen molar-refractivity contribution in [3.8, 4) is 6.07 Å². The standard InChI is InChI=1S/C16H10Cl2FNO/c1-9-2-3-10(6-15(9)19)16(21)13(8-20)12-5-4-11(17)7-14(12)18/h2-7,13H,1H3. The summed E-state index contributed by atoms with van der Waals surface area (Å²) in [6.07, 6.45) is 0. The Morgan fingerprint density at radius 3 is 2.52 bits per heavy atom. The average molecular weight is 322 g/mol. The molecule has 0 fully saturated rings. The van der Waals surface area contributed by atoms with Crippen LogP contribution in [0.3, 0.4) is 0 Å². The van der Waals surface area contributed by atoms with E-state index in [9.17, 15) is 14.4 Å². The monoisotopic (exact) mass is 321 g/mol. The molecule has 2 aromatic carbocycles. The molecule has 0 radical (unpaired) electrons. The molecular formula is C16H10Cl2FNO. The smallest absolute Gasteiger partial charge is 0.184 e. The van der Waals surface area contributed by atoms with Gasteiger partial charge in [-0.2, -0.15) is 5.26 Å². The van der Waals surface area contributed by atoms with Gasteiger partial charge in [-0.15, -0.1) is 0 Å². The Bertz CT molecular complexity index is 752. The molecule has 1 unspecified atom stereocenters. The average Bonchev–Trinajstić information content (AvgIpc) is 2.44. The molecule has 0 saturated heterocycles. The molecule has 0 aliphatic heterocycles. The first-order chi connectivity index (χ1) is 9.93. The van der Waals surface area contributed by atoms with E-state index >= 15 is 0 Å². The van der Waals surface area contributed by atoms with E-state index in [1.165, 1.54) is 24.3 Å². The summed E-state index contributed by atoms with van der Waals surface area (Å²) in [6, 6.07) is 10.6. The van der Waals surface area contributed by atoms with Gasteiger partial charge in [-0.3, -0.25) is 4.79 Å². The van der Waals surface area contributed by atoms with Gasteiger partial charge in [-0.1, -0.05) is 41.4 Å². The highest BCUT2D eigenvalue weighted by Gasteiger charge is 2.24. The number of aryl methyl sites for hydroxylation is 1. The second-order valence-corrected chi connectivity index (χ2v) is 5.40. The van der Waals surface area contributed by atoms with E-state index in [1.54, 1.807) is 13.0 Å². The van der Waals surface area contributed by atoms with Crippen molar-refractivity contribution in [3.05, 3.63) is 69.0 Å². The zero-order valence-corrected chi connectivity index (χ0v) is 12.5. The van der Waals surface area contributed by atoms with Crippen molar-refractivity contribution in [2.45, 2.75) is 12.8 Å². The van der Waals surface area contributed by atoms with Crippen molar-refractivity contribution in [1.29, 1.82) is 5.26 Å². The van der Waals surface area contributed by atoms with Gasteiger partial charge in [0, 0.05) is 15.6 Å². The number of hydrogen-bond acceptors (Lipinski definition) is 2. The number of Topliss-reactive ketones (excluding diaryl/α,β-unsaturated/α-hetero) is 1. The molecule has 0 heterocycles. The number of nitrogens with zero attached hydrogens (tertiary/aromatic N) is 1. The number of halogens is 3. The largest absolute Gasteiger partial charge is 0.292 e. The number of carbonyl (C=O) groups is 1. The predicted molar refractivity (Wildman–Crippen MR) is 80.3 cm³/mol. The Kier molecular flexibility index (Phi) is 4.62. The first-order valence-corrected chi connectivity index (χ1v) is 6.84. The fourth-order valence-electron chi connectivity index (χ4n) is 1.92. The second-order valence-electron chi connectivity index (χ2n) is 4.56. The van der Waals surface area contributed by atoms with Crippen molar-refractivity contribution in [1.82, 2.24) is 0 Å². The van der Waals surface area contributed by atoms with Gasteiger partial charge in [0.15, 0.2) is 5.78 Å². The molecule has 106 valence electrons. The lowest BCUT2D eigenvalue weighted by atomic mass is 9.91. The Balaban J connectivity index is 2.43. The minimum atomic E-state index is -1.10. The van der Waals surface area contributed by atoms with Gasteiger partial charge in [0.05, 0.1) is 6.07 Å². The van der Waals surface area contributed by atoms with Gasteiger partial charge in [0.25, 0.3) is 0 Å². The summed E-state index contributed by atoms with van der Waals surface area (Å²) in [6.45, 7) is 1.60. The number of benzene rings is 2. The molecule has 0 saturated carbocycles. The van der Waals surface area contributed by atoms with Crippen LogP contribution in [0.4, 0.5) is 4.39 Å². The van der Waals surface area contributed by atoms with Crippen LogP contribution in [0.2, 0.25) is 10.0 Å². The fraction of sp³-hybridized carbons (Fsp3) is 0.125. The van der Waals surface area contributed by atoms with Crippen molar-refractivity contribution < 1.29 is 9.18 Å². The lowest BCUT2D eigenvalue weighted by Gasteiger charge is -2.11. The summed E-state index contributed by atoms with van der Waals surface area (Å²) in [5.74, 6) is -2.09. The van der Waals surface area contributed by atoms with Crippen molar-refractivity contribution in [2.24, 2.45) is 0 Å². The summed E-state index contributed by atoms with van der Waals surface area (Å²) in [5, 5.41) is 9.92. The minimum Gasteiger partial charge on any atom is -0.292 e. The second kappa shape index (κ2) is 6.26. The van der Waals surface area contributed by atoms with Crippen LogP contribution in [0.15, 0.2) is 36.4 Å². The molecule has 1 atom stereocenters. The van der Waals surface area contributed by atoms with E-state index in [0.29, 0.717) is 16.1 Å². The quantitative estimate of drug-likeness (QED) is 0.752. The Morgan fingerprint density at radius 1 is 1.24 bits per heavy atom. The maximum absolute atomic E-state index is 13.6. The Morgan fingerprint density at radius 2 is 1.95 bits per heavy atom. The number of hydrogen-bond donors (Lipinski definition) is 0. The van der Waals surface area contributed by atoms with E-state index in [2.05, 4.69) is 0 Å². The molecule has 0 N–H and O–H groups in total. The molecule has 0 aromatic heterocycles. The number of nitriles is 1. The molecule has 2 aromatic rings. The topological polar surface area (TPSA) is 40.9 Å². The predicted octanol–water partition coefficient (Wildman–Crippen LogP) is 4.93. The fourth-order valence-corrected chi connectivity index (χ4v) is 2.44. The van der Waals surface area contributed by atoms with E-state index in [4.69, 9.17) is 23.2 Å². The number of ketones is 1. The van der Waals surface area contributed by atoms with Crippen LogP contribution >= 0.6 is 23.2 Å². The third-order valence-electron chi connectivity index (χ3n) is 3.12. The molecule has 2 rings (SSSR count). The minimum absolute atomic E-state index is 0.135. The van der Waals surface area contributed by atoms with Crippen LogP contribution in [-0.2, 0) is 0 Å². The maximum Gasteiger partial charge on any atom is 0.184 e. The molecule has 2 nitrogen and oxygen atoms in total. The summed E-state index contributed by atoms with van der Waals surface area (Å²) < 4.78 is 13.6. The first kappa shape index (κ1) is 15.5. The highest BCUT2D eigenvalue weighted by molar-refractivity contribution is 6.35. The van der Waals surface area contributed by atoms with E-state index in [-0.39, 0.29) is 10.6 Å². The number of carbonyl (C=O) groups excluding carboxylic acids is 1. The molecule has 0 aliphatic carbocycles. The van der Waals surface area contributed by atoms with Crippen LogP contribution in [-0.4, -0.2) is 5.78 Å². The van der Waals surface area contributed by atoms with Gasteiger partial charge >= 0.3 is 0 Å². The van der Waals surface area contributed by atoms with Gasteiger partial charge in [-0.05, 0) is 36.2 Å². The van der Waals surface area contributed by atoms with Crippen molar-refractivity contribution in [2.75, 3.05) is 0 Å². The van der Waals surface area contributed by atoms with Crippen LogP contribution in [0.5, 0.6) is 0 Å². The van der Waals surface area contributed by atoms with Gasteiger partial charge in [0.2, 0.25) is 0 Å². The molecule has 5 heteroatoms. The summed E-state index contributed by atoms with van der Waals surface area (Å²) >= 11 is 11.8. The lowest BCUT2D eigenvalue weighted by Crippen LogP contribution is -2.12. The molecule has 21 heavy (non-hydrogen) atoms. The molecular weight excluding hydrogens is 312 g/mol. The SMILES string of the molecule is Cc1ccc(C(=O)C(C#N)c2ccc(Cl)cc2Cl)cc1F. The Labute approximate surface area is 131 Å². The molecule has 0 amide bonds. The highest BCUT2D eigenvalue weighted by Crippen LogP contribution is 2.30. The van der Waals surface area contributed by atoms with Crippen LogP contribution < -0.4 is 0 Å². The van der Waals surface area contributed by atoms with E-state index in [1.807, 2.05) is 6.07 Å². The third kappa shape index (κ3) is 3.24. The van der Waals surface area contributed by atoms with Gasteiger partial charge in [-0.25, -0.2) is 4.39 Å². The van der Waals surface area contributed by atoms with Crippen molar-refractivity contribution >= 4 is 29.0 Å². The van der Waals surface area contributed by atoms with Gasteiger partial charge < -0.3 is 0 Å². The molecule has 0 aliphatic rings. The van der Waals surface area contributed by atoms with E-state index < -0.39 is 17.5 Å². The van der Waals surface area contributed by atoms with E-state index in [0.717, 1.165) is 6.07 Å². The van der Waals surface area contributed by atoms with Crippen molar-refractivity contribution in [3.63, 3.8) is 0 Å². The normalized spacial score (nSPS) is 11.8. The van der Waals surface area contributed by atoms with Crippen LogP contribution in [0.1, 0.15) is 27.4 Å². The third-order valence-corrected chi connectivity index (χ3v) is 3.68. The Hall–Kier alpha value is -1.89. The van der Waals surface area contributed by atoms with Crippen LogP contribution in [0, 0.1) is 24.1 Å². The van der Waals surface area contributed by atoms with Gasteiger partial charge in [0.1, 0.15) is 11.7 Å². The number of rotatable bonds is 3. The summed E-state index contributed by atoms with van der Waals surface area (Å²) in [5.41, 5.74) is 0.926. The molecule has 0 spiro atoms. The van der Waals surface area contributed by atoms with Crippen LogP contribution in [0.25, 0.3) is 0 Å². The lowest BCUT2D eigenvalue weighted by molar-refractivity contribution is 0.0978. The summed E-state index contributed by atoms with van der Waals surface area (Å²) in [7, 11) is 0. The first-order valence-electron chi connectivity index (χ1n) is 6.09. The summed E-state index contributed by atoms with van der Waals surface area (Å²) in [4.78, 5) is 12.4. The zero-order chi connectivity index (χ0) is 15.6. The maximum atomic E-state index is 13.6.